The second-order valence-corrected chi connectivity index (χ2v) is 6.99. The van der Waals surface area contributed by atoms with Crippen LogP contribution in [0, 0.1) is 10.1 Å². The lowest BCUT2D eigenvalue weighted by atomic mass is 10.1. The van der Waals surface area contributed by atoms with Crippen molar-refractivity contribution in [2.45, 2.75) is 39.0 Å². The van der Waals surface area contributed by atoms with Crippen LogP contribution in [0.25, 0.3) is 0 Å². The highest BCUT2D eigenvalue weighted by molar-refractivity contribution is 5.98. The maximum absolute atomic E-state index is 13.2. The van der Waals surface area contributed by atoms with Gasteiger partial charge in [0.2, 0.25) is 0 Å². The van der Waals surface area contributed by atoms with E-state index in [1.54, 1.807) is 12.1 Å². The van der Waals surface area contributed by atoms with Crippen molar-refractivity contribution in [3.8, 4) is 5.75 Å². The normalized spacial score (nSPS) is 11.9. The number of nitro benzene ring substituents is 1. The van der Waals surface area contributed by atoms with E-state index >= 15 is 0 Å². The van der Waals surface area contributed by atoms with Crippen LogP contribution in [-0.4, -0.2) is 35.3 Å². The quantitative estimate of drug-likeness (QED) is 0.228. The molecule has 0 fully saturated rings. The average molecular weight is 482 g/mol. The fourth-order valence-corrected chi connectivity index (χ4v) is 2.80. The van der Waals surface area contributed by atoms with Gasteiger partial charge in [0, 0.05) is 24.1 Å². The molecule has 182 valence electrons. The molecule has 2 rings (SSSR count). The zero-order valence-corrected chi connectivity index (χ0v) is 18.2. The summed E-state index contributed by atoms with van der Waals surface area (Å²) in [5.41, 5.74) is -2.60. The second-order valence-electron chi connectivity index (χ2n) is 6.99. The van der Waals surface area contributed by atoms with Gasteiger partial charge < -0.3 is 14.8 Å². The van der Waals surface area contributed by atoms with Gasteiger partial charge >= 0.3 is 12.1 Å². The number of Topliss-reactive ketones (excluding diaryl/α,β-unsaturated/α-hetero) is 1. The number of halogens is 3. The highest BCUT2D eigenvalue weighted by atomic mass is 19.4. The standard InChI is InChI=1S/C22H21F3N2O7/c1-3-33-16-7-4-14(5-8-16)19(28)10-11-20(29)34-13(2)21(30)26-18-9-6-15(27(31)32)12-17(18)22(23,24)25/h4-9,12-13H,3,10-11H2,1-2H3,(H,26,30). The van der Waals surface area contributed by atoms with E-state index in [1.165, 1.54) is 12.1 Å². The third-order valence-electron chi connectivity index (χ3n) is 4.50. The Bertz CT molecular complexity index is 1070. The molecule has 1 N–H and O–H groups in total. The number of nitrogens with zero attached hydrogens (tertiary/aromatic N) is 1. The van der Waals surface area contributed by atoms with Crippen LogP contribution in [0.15, 0.2) is 42.5 Å². The van der Waals surface area contributed by atoms with Crippen LogP contribution >= 0.6 is 0 Å². The summed E-state index contributed by atoms with van der Waals surface area (Å²) in [7, 11) is 0. The first kappa shape index (κ1) is 26.3. The Labute approximate surface area is 192 Å². The van der Waals surface area contributed by atoms with Crippen molar-refractivity contribution in [2.24, 2.45) is 0 Å². The predicted molar refractivity (Wildman–Crippen MR) is 113 cm³/mol. The Morgan fingerprint density at radius 3 is 2.29 bits per heavy atom. The van der Waals surface area contributed by atoms with Gasteiger partial charge in [-0.1, -0.05) is 0 Å². The lowest BCUT2D eigenvalue weighted by molar-refractivity contribution is -0.385. The number of carbonyl (C=O) groups excluding carboxylic acids is 3. The molecule has 12 heteroatoms. The molecule has 2 aromatic carbocycles. The summed E-state index contributed by atoms with van der Waals surface area (Å²) in [5, 5.41) is 12.7. The molecule has 1 amide bonds. The molecule has 34 heavy (non-hydrogen) atoms. The summed E-state index contributed by atoms with van der Waals surface area (Å²) in [6, 6.07) is 8.12. The van der Waals surface area contributed by atoms with Crippen molar-refractivity contribution in [3.05, 3.63) is 63.7 Å². The Balaban J connectivity index is 1.94. The zero-order valence-electron chi connectivity index (χ0n) is 18.2. The number of ketones is 1. The second kappa shape index (κ2) is 11.3. The minimum Gasteiger partial charge on any atom is -0.494 e. The van der Waals surface area contributed by atoms with Crippen molar-refractivity contribution < 1.29 is 42.0 Å². The van der Waals surface area contributed by atoms with Crippen LogP contribution in [0.1, 0.15) is 42.6 Å². The Morgan fingerprint density at radius 1 is 1.09 bits per heavy atom. The number of hydrogen-bond donors (Lipinski definition) is 1. The molecule has 0 saturated heterocycles. The Kier molecular flexibility index (Phi) is 8.70. The Morgan fingerprint density at radius 2 is 1.74 bits per heavy atom. The molecule has 1 atom stereocenters. The minimum atomic E-state index is -4.98. The summed E-state index contributed by atoms with van der Waals surface area (Å²) in [5.74, 6) is -1.75. The topological polar surface area (TPSA) is 125 Å². The fraction of sp³-hybridized carbons (Fsp3) is 0.318. The number of nitro groups is 1. The van der Waals surface area contributed by atoms with Crippen LogP contribution in [-0.2, 0) is 20.5 Å². The number of anilines is 1. The van der Waals surface area contributed by atoms with Crippen LogP contribution in [0.2, 0.25) is 0 Å². The SMILES string of the molecule is CCOc1ccc(C(=O)CCC(=O)OC(C)C(=O)Nc2ccc([N+](=O)[O-])cc2C(F)(F)F)cc1. The summed E-state index contributed by atoms with van der Waals surface area (Å²) < 4.78 is 49.9. The average Bonchev–Trinajstić information content (AvgIpc) is 2.77. The molecule has 0 aliphatic rings. The third kappa shape index (κ3) is 7.29. The first-order valence-corrected chi connectivity index (χ1v) is 10.0. The van der Waals surface area contributed by atoms with E-state index in [4.69, 9.17) is 9.47 Å². The van der Waals surface area contributed by atoms with E-state index in [0.29, 0.717) is 24.0 Å². The molecule has 0 saturated carbocycles. The number of amides is 1. The van der Waals surface area contributed by atoms with Crippen molar-refractivity contribution in [2.75, 3.05) is 11.9 Å². The molecular formula is C22H21F3N2O7. The van der Waals surface area contributed by atoms with E-state index in [1.807, 2.05) is 12.2 Å². The number of rotatable bonds is 10. The first-order chi connectivity index (χ1) is 15.9. The number of benzene rings is 2. The number of alkyl halides is 3. The predicted octanol–water partition coefficient (Wildman–Crippen LogP) is 4.55. The van der Waals surface area contributed by atoms with Crippen molar-refractivity contribution >= 4 is 29.0 Å². The Hall–Kier alpha value is -3.96. The highest BCUT2D eigenvalue weighted by Crippen LogP contribution is 2.37. The lowest BCUT2D eigenvalue weighted by Crippen LogP contribution is -2.31. The fourth-order valence-electron chi connectivity index (χ4n) is 2.80. The monoisotopic (exact) mass is 482 g/mol. The van der Waals surface area contributed by atoms with Gasteiger partial charge in [0.15, 0.2) is 11.9 Å². The molecule has 1 unspecified atom stereocenters. The van der Waals surface area contributed by atoms with E-state index < -0.39 is 46.0 Å². The first-order valence-electron chi connectivity index (χ1n) is 10.0. The largest absolute Gasteiger partial charge is 0.494 e. The van der Waals surface area contributed by atoms with Crippen LogP contribution in [0.5, 0.6) is 5.75 Å². The van der Waals surface area contributed by atoms with Gasteiger partial charge in [-0.2, -0.15) is 13.2 Å². The molecule has 0 spiro atoms. The minimum absolute atomic E-state index is 0.207. The smallest absolute Gasteiger partial charge is 0.418 e. The number of esters is 1. The molecule has 9 nitrogen and oxygen atoms in total. The number of nitrogens with one attached hydrogen (secondary N) is 1. The van der Waals surface area contributed by atoms with Gasteiger partial charge in [-0.15, -0.1) is 0 Å². The van der Waals surface area contributed by atoms with E-state index in [9.17, 15) is 37.7 Å². The molecule has 0 aliphatic heterocycles. The number of carbonyl (C=O) groups is 3. The van der Waals surface area contributed by atoms with Crippen molar-refractivity contribution in [1.29, 1.82) is 0 Å². The van der Waals surface area contributed by atoms with Gasteiger partial charge in [0.1, 0.15) is 5.75 Å². The van der Waals surface area contributed by atoms with Crippen molar-refractivity contribution in [1.82, 2.24) is 0 Å². The highest BCUT2D eigenvalue weighted by Gasteiger charge is 2.36. The van der Waals surface area contributed by atoms with Crippen LogP contribution in [0.4, 0.5) is 24.5 Å². The molecule has 0 radical (unpaired) electrons. The molecule has 0 aliphatic carbocycles. The summed E-state index contributed by atoms with van der Waals surface area (Å²) in [4.78, 5) is 46.2. The van der Waals surface area contributed by atoms with E-state index in [-0.39, 0.29) is 18.6 Å². The summed E-state index contributed by atoms with van der Waals surface area (Å²) in [6.07, 6.45) is -7.02. The summed E-state index contributed by atoms with van der Waals surface area (Å²) in [6.45, 7) is 3.42. The number of hydrogen-bond acceptors (Lipinski definition) is 7. The van der Waals surface area contributed by atoms with Crippen LogP contribution in [0.3, 0.4) is 0 Å². The lowest BCUT2D eigenvalue weighted by Gasteiger charge is -2.16. The van der Waals surface area contributed by atoms with Crippen molar-refractivity contribution in [3.63, 3.8) is 0 Å². The molecule has 0 aromatic heterocycles. The van der Waals surface area contributed by atoms with E-state index in [2.05, 4.69) is 0 Å². The maximum Gasteiger partial charge on any atom is 0.418 e. The number of non-ortho nitro benzene ring substituents is 1. The summed E-state index contributed by atoms with van der Waals surface area (Å²) >= 11 is 0. The van der Waals surface area contributed by atoms with Gasteiger partial charge in [0.05, 0.1) is 29.2 Å². The van der Waals surface area contributed by atoms with Gasteiger partial charge in [-0.3, -0.25) is 24.5 Å². The molecular weight excluding hydrogens is 461 g/mol. The number of ether oxygens (including phenoxy) is 2. The van der Waals surface area contributed by atoms with Gasteiger partial charge in [-0.25, -0.2) is 0 Å². The zero-order chi connectivity index (χ0) is 25.5. The van der Waals surface area contributed by atoms with Gasteiger partial charge in [0.25, 0.3) is 11.6 Å². The van der Waals surface area contributed by atoms with Gasteiger partial charge in [-0.05, 0) is 44.2 Å². The van der Waals surface area contributed by atoms with E-state index in [0.717, 1.165) is 19.1 Å². The molecule has 0 heterocycles. The third-order valence-corrected chi connectivity index (χ3v) is 4.50. The molecule has 0 bridgehead atoms. The maximum atomic E-state index is 13.2. The molecule has 2 aromatic rings. The van der Waals surface area contributed by atoms with Crippen LogP contribution < -0.4 is 10.1 Å².